The van der Waals surface area contributed by atoms with Crippen LogP contribution in [0.5, 0.6) is 0 Å². The highest BCUT2D eigenvalue weighted by Gasteiger charge is 2.17. The molecule has 0 heterocycles. The molecule has 98 valence electrons. The Hall–Kier alpha value is 0.700. The number of hydrogen-bond acceptors (Lipinski definition) is 2. The van der Waals surface area contributed by atoms with Gasteiger partial charge >= 0.3 is 0 Å². The molecule has 0 saturated heterocycles. The van der Waals surface area contributed by atoms with E-state index in [9.17, 15) is 0 Å². The maximum absolute atomic E-state index is 2.41. The van der Waals surface area contributed by atoms with Crippen molar-refractivity contribution in [1.82, 2.24) is 0 Å². The molecule has 0 bridgehead atoms. The van der Waals surface area contributed by atoms with Crippen molar-refractivity contribution in [3.8, 4) is 0 Å². The summed E-state index contributed by atoms with van der Waals surface area (Å²) >= 11 is 0. The van der Waals surface area contributed by atoms with Gasteiger partial charge in [-0.25, -0.2) is 0 Å². The molecule has 0 fully saturated rings. The van der Waals surface area contributed by atoms with E-state index in [1.54, 1.807) is 0 Å². The molecular formula is C14H30S2. The molecule has 0 N–H and O–H groups in total. The fourth-order valence-electron chi connectivity index (χ4n) is 1.44. The summed E-state index contributed by atoms with van der Waals surface area (Å²) in [6.45, 7) is 14.0. The van der Waals surface area contributed by atoms with Crippen LogP contribution in [0.2, 0.25) is 0 Å². The average Bonchev–Trinajstić information content (AvgIpc) is 2.19. The van der Waals surface area contributed by atoms with E-state index in [0.717, 1.165) is 11.2 Å². The van der Waals surface area contributed by atoms with E-state index in [4.69, 9.17) is 0 Å². The molecule has 0 radical (unpaired) electrons. The topological polar surface area (TPSA) is 0 Å². The molecule has 0 aliphatic carbocycles. The number of hydrogen-bond donors (Lipinski definition) is 0. The zero-order valence-electron chi connectivity index (χ0n) is 12.0. The first-order chi connectivity index (χ1) is 7.37. The quantitative estimate of drug-likeness (QED) is 0.379. The summed E-state index contributed by atoms with van der Waals surface area (Å²) in [4.78, 5) is 0. The van der Waals surface area contributed by atoms with E-state index in [1.165, 1.54) is 32.1 Å². The fraction of sp³-hybridized carbons (Fsp3) is 1.00. The minimum absolute atomic E-state index is 0.390. The molecule has 1 unspecified atom stereocenters. The lowest BCUT2D eigenvalue weighted by atomic mass is 10.00. The lowest BCUT2D eigenvalue weighted by molar-refractivity contribution is 0.487. The largest absolute Gasteiger partial charge is 0.0902 e. The Bertz CT molecular complexity index is 161. The summed E-state index contributed by atoms with van der Waals surface area (Å²) in [5, 5.41) is 0.783. The maximum Gasteiger partial charge on any atom is 0.0179 e. The van der Waals surface area contributed by atoms with E-state index in [2.05, 4.69) is 52.3 Å². The molecule has 0 spiro atoms. The molecule has 2 heteroatoms. The second-order valence-corrected chi connectivity index (χ2v) is 9.23. The predicted molar refractivity (Wildman–Crippen MR) is 82.3 cm³/mol. The lowest BCUT2D eigenvalue weighted by Gasteiger charge is -2.23. The molecule has 0 aliphatic heterocycles. The summed E-state index contributed by atoms with van der Waals surface area (Å²) in [7, 11) is 4.10. The van der Waals surface area contributed by atoms with Gasteiger partial charge in [0.15, 0.2) is 0 Å². The Labute approximate surface area is 111 Å². The van der Waals surface area contributed by atoms with Crippen LogP contribution in [-0.4, -0.2) is 10.00 Å². The molecule has 0 saturated carbocycles. The van der Waals surface area contributed by atoms with E-state index in [0.29, 0.717) is 4.75 Å². The van der Waals surface area contributed by atoms with Crippen LogP contribution in [0.4, 0.5) is 0 Å². The summed E-state index contributed by atoms with van der Waals surface area (Å²) in [6, 6.07) is 0. The van der Waals surface area contributed by atoms with Crippen molar-refractivity contribution in [2.75, 3.05) is 0 Å². The Morgan fingerprint density at radius 1 is 1.00 bits per heavy atom. The Morgan fingerprint density at radius 3 is 2.12 bits per heavy atom. The minimum atomic E-state index is 0.390. The lowest BCUT2D eigenvalue weighted by Crippen LogP contribution is -2.12. The smallest absolute Gasteiger partial charge is 0.0179 e. The summed E-state index contributed by atoms with van der Waals surface area (Å²) in [5.74, 6) is 0.858. The van der Waals surface area contributed by atoms with E-state index >= 15 is 0 Å². The molecule has 0 amide bonds. The van der Waals surface area contributed by atoms with Crippen molar-refractivity contribution in [2.24, 2.45) is 5.92 Å². The zero-order valence-corrected chi connectivity index (χ0v) is 13.6. The molecular weight excluding hydrogens is 232 g/mol. The Balaban J connectivity index is 3.61. The second kappa shape index (κ2) is 8.74. The predicted octanol–water partition coefficient (Wildman–Crippen LogP) is 6.16. The highest BCUT2D eigenvalue weighted by atomic mass is 33.1. The van der Waals surface area contributed by atoms with Gasteiger partial charge in [0.2, 0.25) is 0 Å². The van der Waals surface area contributed by atoms with Gasteiger partial charge in [0.25, 0.3) is 0 Å². The molecule has 0 aromatic heterocycles. The maximum atomic E-state index is 2.41. The van der Waals surface area contributed by atoms with Crippen LogP contribution in [0.3, 0.4) is 0 Å². The fourth-order valence-corrected chi connectivity index (χ4v) is 4.10. The average molecular weight is 263 g/mol. The van der Waals surface area contributed by atoms with Crippen LogP contribution in [0.15, 0.2) is 0 Å². The van der Waals surface area contributed by atoms with Crippen LogP contribution in [0.25, 0.3) is 0 Å². The molecule has 16 heavy (non-hydrogen) atoms. The van der Waals surface area contributed by atoms with Gasteiger partial charge in [-0.2, -0.15) is 0 Å². The third-order valence-electron chi connectivity index (χ3n) is 2.76. The van der Waals surface area contributed by atoms with Gasteiger partial charge in [0.05, 0.1) is 0 Å². The Morgan fingerprint density at radius 2 is 1.62 bits per heavy atom. The summed E-state index contributed by atoms with van der Waals surface area (Å²) in [5.41, 5.74) is 0. The van der Waals surface area contributed by atoms with Crippen molar-refractivity contribution >= 4 is 21.6 Å². The van der Waals surface area contributed by atoms with Crippen molar-refractivity contribution in [2.45, 2.75) is 83.6 Å². The first-order valence-electron chi connectivity index (χ1n) is 6.71. The van der Waals surface area contributed by atoms with Crippen LogP contribution in [0, 0.1) is 5.92 Å². The van der Waals surface area contributed by atoms with Gasteiger partial charge in [0.1, 0.15) is 0 Å². The summed E-state index contributed by atoms with van der Waals surface area (Å²) in [6.07, 6.45) is 6.99. The molecule has 0 rings (SSSR count). The number of rotatable bonds is 8. The van der Waals surface area contributed by atoms with E-state index in [1.807, 2.05) is 10.8 Å². The van der Waals surface area contributed by atoms with Gasteiger partial charge in [-0.3, -0.25) is 0 Å². The third kappa shape index (κ3) is 9.89. The molecule has 0 aromatic rings. The van der Waals surface area contributed by atoms with Crippen molar-refractivity contribution in [3.63, 3.8) is 0 Å². The highest BCUT2D eigenvalue weighted by Crippen LogP contribution is 2.40. The molecule has 0 aliphatic rings. The van der Waals surface area contributed by atoms with Gasteiger partial charge in [-0.15, -0.1) is 0 Å². The van der Waals surface area contributed by atoms with Crippen LogP contribution < -0.4 is 0 Å². The third-order valence-corrected chi connectivity index (χ3v) is 6.83. The van der Waals surface area contributed by atoms with E-state index < -0.39 is 0 Å². The summed E-state index contributed by atoms with van der Waals surface area (Å²) < 4.78 is 0.390. The zero-order chi connectivity index (χ0) is 12.6. The van der Waals surface area contributed by atoms with Crippen molar-refractivity contribution in [1.29, 1.82) is 0 Å². The monoisotopic (exact) mass is 262 g/mol. The first-order valence-corrected chi connectivity index (χ1v) is 8.92. The van der Waals surface area contributed by atoms with Crippen molar-refractivity contribution < 1.29 is 0 Å². The van der Waals surface area contributed by atoms with Crippen LogP contribution >= 0.6 is 21.6 Å². The molecule has 0 aromatic carbocycles. The van der Waals surface area contributed by atoms with Gasteiger partial charge in [-0.05, 0) is 12.3 Å². The van der Waals surface area contributed by atoms with Crippen molar-refractivity contribution in [3.05, 3.63) is 0 Å². The second-order valence-electron chi connectivity index (χ2n) is 5.82. The minimum Gasteiger partial charge on any atom is -0.0902 e. The molecule has 0 nitrogen and oxygen atoms in total. The van der Waals surface area contributed by atoms with E-state index in [-0.39, 0.29) is 0 Å². The first kappa shape index (κ1) is 16.7. The highest BCUT2D eigenvalue weighted by molar-refractivity contribution is 8.77. The molecule has 2 atom stereocenters. The Kier molecular flexibility index (Phi) is 9.12. The van der Waals surface area contributed by atoms with Crippen LogP contribution in [0.1, 0.15) is 73.6 Å². The van der Waals surface area contributed by atoms with Gasteiger partial charge < -0.3 is 0 Å². The van der Waals surface area contributed by atoms with Gasteiger partial charge in [-0.1, -0.05) is 88.8 Å². The van der Waals surface area contributed by atoms with Gasteiger partial charge in [0, 0.05) is 10.00 Å². The van der Waals surface area contributed by atoms with Crippen LogP contribution in [-0.2, 0) is 0 Å². The SMILES string of the molecule is CCCCCCC(C)[C@H](C)SSC(C)(C)C. The normalized spacial score (nSPS) is 16.1. The standard InChI is InChI=1S/C14H30S2/c1-7-8-9-10-11-12(2)13(3)15-16-14(4,5)6/h12-13H,7-11H2,1-6H3/t12?,13-/m0/s1. The number of unbranched alkanes of at least 4 members (excludes halogenated alkanes) is 3.